The highest BCUT2D eigenvalue weighted by Gasteiger charge is 2.20. The van der Waals surface area contributed by atoms with Crippen LogP contribution in [0.15, 0.2) is 24.3 Å². The van der Waals surface area contributed by atoms with E-state index in [0.29, 0.717) is 0 Å². The lowest BCUT2D eigenvalue weighted by atomic mass is 9.91. The Balaban J connectivity index is 2.25. The zero-order chi connectivity index (χ0) is 16.5. The molecule has 0 aliphatic heterocycles. The van der Waals surface area contributed by atoms with Crippen molar-refractivity contribution < 1.29 is 4.79 Å². The fourth-order valence-corrected chi connectivity index (χ4v) is 1.84. The lowest BCUT2D eigenvalue weighted by molar-refractivity contribution is 0.102. The van der Waals surface area contributed by atoms with Gasteiger partial charge in [-0.05, 0) is 24.3 Å². The Bertz CT molecular complexity index is 602. The minimum Gasteiger partial charge on any atom is -0.285 e. The Hall–Kier alpha value is -2.17. The molecule has 0 atom stereocenters. The average molecular weight is 298 g/mol. The predicted octanol–water partition coefficient (Wildman–Crippen LogP) is 3.09. The van der Waals surface area contributed by atoms with Gasteiger partial charge in [0.05, 0.1) is 11.4 Å². The van der Waals surface area contributed by atoms with E-state index in [1.807, 2.05) is 12.1 Å². The van der Waals surface area contributed by atoms with E-state index in [1.54, 1.807) is 12.1 Å². The molecule has 116 valence electrons. The van der Waals surface area contributed by atoms with Crippen LogP contribution in [0.1, 0.15) is 69.1 Å². The highest BCUT2D eigenvalue weighted by Crippen LogP contribution is 2.20. The van der Waals surface area contributed by atoms with Crippen molar-refractivity contribution in [1.82, 2.24) is 20.4 Å². The van der Waals surface area contributed by atoms with Gasteiger partial charge in [0, 0.05) is 10.8 Å². The molecule has 0 radical (unpaired) electrons. The van der Waals surface area contributed by atoms with Crippen LogP contribution in [0.4, 0.5) is 0 Å². The summed E-state index contributed by atoms with van der Waals surface area (Å²) in [6.45, 7) is 12.3. The first-order chi connectivity index (χ1) is 10.1. The lowest BCUT2D eigenvalue weighted by Crippen LogP contribution is -2.18. The van der Waals surface area contributed by atoms with Gasteiger partial charge in [-0.2, -0.15) is 10.2 Å². The molecule has 0 aromatic carbocycles. The van der Waals surface area contributed by atoms with Crippen LogP contribution < -0.4 is 0 Å². The normalized spacial score (nSPS) is 12.3. The van der Waals surface area contributed by atoms with Crippen molar-refractivity contribution in [3.05, 3.63) is 47.0 Å². The van der Waals surface area contributed by atoms with E-state index in [9.17, 15) is 4.79 Å². The largest absolute Gasteiger partial charge is 0.285 e. The van der Waals surface area contributed by atoms with Gasteiger partial charge in [0.1, 0.15) is 11.4 Å². The Morgan fingerprint density at radius 1 is 0.682 bits per heavy atom. The van der Waals surface area contributed by atoms with Crippen LogP contribution in [-0.4, -0.2) is 26.2 Å². The maximum atomic E-state index is 12.4. The van der Waals surface area contributed by atoms with E-state index in [0.717, 1.165) is 11.4 Å². The molecule has 2 aromatic heterocycles. The molecule has 0 N–H and O–H groups in total. The van der Waals surface area contributed by atoms with Crippen molar-refractivity contribution in [2.75, 3.05) is 0 Å². The topological polar surface area (TPSA) is 68.6 Å². The Morgan fingerprint density at radius 2 is 1.05 bits per heavy atom. The molecule has 2 aromatic rings. The van der Waals surface area contributed by atoms with Crippen molar-refractivity contribution >= 4 is 5.78 Å². The summed E-state index contributed by atoms with van der Waals surface area (Å²) < 4.78 is 0. The van der Waals surface area contributed by atoms with Crippen molar-refractivity contribution in [2.45, 2.75) is 52.4 Å². The zero-order valence-corrected chi connectivity index (χ0v) is 14.0. The first-order valence-electron chi connectivity index (χ1n) is 7.32. The molecule has 0 bridgehead atoms. The van der Waals surface area contributed by atoms with E-state index >= 15 is 0 Å². The summed E-state index contributed by atoms with van der Waals surface area (Å²) in [5.41, 5.74) is 2.07. The molecule has 0 saturated carbocycles. The number of nitrogens with zero attached hydrogens (tertiary/aromatic N) is 4. The molecule has 2 rings (SSSR count). The fraction of sp³-hybridized carbons (Fsp3) is 0.471. The number of hydrogen-bond acceptors (Lipinski definition) is 5. The molecule has 0 aliphatic carbocycles. The van der Waals surface area contributed by atoms with Crippen LogP contribution in [0.5, 0.6) is 0 Å². The van der Waals surface area contributed by atoms with Crippen LogP contribution in [-0.2, 0) is 10.8 Å². The standard InChI is InChI=1S/C17H22N4O/c1-16(2,3)13-9-7-11(18-20-13)15(22)12-8-10-14(21-19-12)17(4,5)6/h7-10H,1-6H3. The summed E-state index contributed by atoms with van der Waals surface area (Å²) >= 11 is 0. The predicted molar refractivity (Wildman–Crippen MR) is 84.9 cm³/mol. The molecule has 0 aliphatic rings. The molecule has 0 saturated heterocycles. The number of hydrogen-bond donors (Lipinski definition) is 0. The Kier molecular flexibility index (Phi) is 4.09. The lowest BCUT2D eigenvalue weighted by Gasteiger charge is -2.17. The maximum Gasteiger partial charge on any atom is 0.233 e. The summed E-state index contributed by atoms with van der Waals surface area (Å²) in [4.78, 5) is 12.4. The van der Waals surface area contributed by atoms with Crippen LogP contribution in [0.3, 0.4) is 0 Å². The zero-order valence-electron chi connectivity index (χ0n) is 14.0. The van der Waals surface area contributed by atoms with Crippen molar-refractivity contribution in [3.63, 3.8) is 0 Å². The second-order valence-corrected chi connectivity index (χ2v) is 7.44. The smallest absolute Gasteiger partial charge is 0.233 e. The van der Waals surface area contributed by atoms with Crippen LogP contribution in [0.2, 0.25) is 0 Å². The van der Waals surface area contributed by atoms with Gasteiger partial charge in [-0.1, -0.05) is 41.5 Å². The van der Waals surface area contributed by atoms with Crippen LogP contribution in [0.25, 0.3) is 0 Å². The van der Waals surface area contributed by atoms with E-state index < -0.39 is 0 Å². The molecule has 0 spiro atoms. The number of carbonyl (C=O) groups is 1. The van der Waals surface area contributed by atoms with Crippen LogP contribution in [0, 0.1) is 0 Å². The number of carbonyl (C=O) groups excluding carboxylic acids is 1. The summed E-state index contributed by atoms with van der Waals surface area (Å²) in [5, 5.41) is 16.3. The summed E-state index contributed by atoms with van der Waals surface area (Å²) in [5.74, 6) is -0.263. The second-order valence-electron chi connectivity index (χ2n) is 7.44. The number of rotatable bonds is 2. The number of aromatic nitrogens is 4. The Morgan fingerprint density at radius 3 is 1.27 bits per heavy atom. The molecular weight excluding hydrogens is 276 g/mol. The molecule has 2 heterocycles. The van der Waals surface area contributed by atoms with E-state index in [1.165, 1.54) is 0 Å². The monoisotopic (exact) mass is 298 g/mol. The van der Waals surface area contributed by atoms with Gasteiger partial charge in [-0.15, -0.1) is 10.2 Å². The SMILES string of the molecule is CC(C)(C)c1ccc(C(=O)c2ccc(C(C)(C)C)nn2)nn1. The first kappa shape index (κ1) is 16.2. The minimum absolute atomic E-state index is 0.0945. The third kappa shape index (κ3) is 3.53. The second kappa shape index (κ2) is 5.55. The highest BCUT2D eigenvalue weighted by molar-refractivity contribution is 6.06. The summed E-state index contributed by atoms with van der Waals surface area (Å²) in [7, 11) is 0. The highest BCUT2D eigenvalue weighted by atomic mass is 16.1. The Labute approximate surface area is 131 Å². The molecule has 5 heteroatoms. The molecular formula is C17H22N4O. The minimum atomic E-state index is -0.263. The fourth-order valence-electron chi connectivity index (χ4n) is 1.84. The van der Waals surface area contributed by atoms with Crippen molar-refractivity contribution in [2.24, 2.45) is 0 Å². The first-order valence-corrected chi connectivity index (χ1v) is 7.32. The van der Waals surface area contributed by atoms with Crippen LogP contribution >= 0.6 is 0 Å². The van der Waals surface area contributed by atoms with Gasteiger partial charge in [-0.25, -0.2) is 0 Å². The molecule has 0 unspecified atom stereocenters. The summed E-state index contributed by atoms with van der Waals surface area (Å²) in [6.07, 6.45) is 0. The van der Waals surface area contributed by atoms with Gasteiger partial charge in [0.15, 0.2) is 0 Å². The molecule has 5 nitrogen and oxygen atoms in total. The maximum absolute atomic E-state index is 12.4. The van der Waals surface area contributed by atoms with E-state index in [4.69, 9.17) is 0 Å². The number of ketones is 1. The van der Waals surface area contributed by atoms with Crippen molar-refractivity contribution in [1.29, 1.82) is 0 Å². The van der Waals surface area contributed by atoms with Gasteiger partial charge >= 0.3 is 0 Å². The summed E-state index contributed by atoms with van der Waals surface area (Å²) in [6, 6.07) is 7.04. The van der Waals surface area contributed by atoms with E-state index in [-0.39, 0.29) is 28.0 Å². The third-order valence-electron chi connectivity index (χ3n) is 3.33. The van der Waals surface area contributed by atoms with Gasteiger partial charge in [-0.3, -0.25) is 4.79 Å². The van der Waals surface area contributed by atoms with E-state index in [2.05, 4.69) is 61.9 Å². The average Bonchev–Trinajstić information content (AvgIpc) is 2.45. The third-order valence-corrected chi connectivity index (χ3v) is 3.33. The van der Waals surface area contributed by atoms with Gasteiger partial charge in [0.2, 0.25) is 5.78 Å². The molecule has 22 heavy (non-hydrogen) atoms. The molecule has 0 amide bonds. The van der Waals surface area contributed by atoms with Gasteiger partial charge in [0.25, 0.3) is 0 Å². The quantitative estimate of drug-likeness (QED) is 0.797. The molecule has 0 fully saturated rings. The van der Waals surface area contributed by atoms with Crippen molar-refractivity contribution in [3.8, 4) is 0 Å². The van der Waals surface area contributed by atoms with Gasteiger partial charge < -0.3 is 0 Å².